The number of carbonyl (C=O) groups is 1. The fourth-order valence-electron chi connectivity index (χ4n) is 2.58. The molecule has 0 spiro atoms. The third-order valence-corrected chi connectivity index (χ3v) is 4.27. The Kier molecular flexibility index (Phi) is 4.25. The van der Waals surface area contributed by atoms with Crippen molar-refractivity contribution in [3.63, 3.8) is 0 Å². The first-order chi connectivity index (χ1) is 10.3. The normalized spacial score (nSPS) is 16.7. The molecule has 2 aromatic rings. The van der Waals surface area contributed by atoms with Crippen LogP contribution in [0.5, 0.6) is 5.75 Å². The lowest BCUT2D eigenvalue weighted by Gasteiger charge is -2.25. The highest BCUT2D eigenvalue weighted by atomic mass is 79.9. The van der Waals surface area contributed by atoms with Gasteiger partial charge in [-0.15, -0.1) is 0 Å². The molecule has 0 aromatic heterocycles. The maximum atomic E-state index is 12.6. The van der Waals surface area contributed by atoms with E-state index in [1.807, 2.05) is 48.5 Å². The van der Waals surface area contributed by atoms with Gasteiger partial charge in [-0.3, -0.25) is 4.79 Å². The van der Waals surface area contributed by atoms with Crippen molar-refractivity contribution in [1.29, 1.82) is 0 Å². The Hall–Kier alpha value is -1.81. The number of carbonyl (C=O) groups excluding carboxylic acids is 1. The molecule has 0 aliphatic carbocycles. The molecule has 0 bridgehead atoms. The minimum absolute atomic E-state index is 0.0254. The second-order valence-corrected chi connectivity index (χ2v) is 5.61. The van der Waals surface area contributed by atoms with Crippen molar-refractivity contribution in [3.8, 4) is 5.75 Å². The van der Waals surface area contributed by atoms with Crippen molar-refractivity contribution in [2.45, 2.75) is 17.7 Å². The zero-order valence-corrected chi connectivity index (χ0v) is 13.1. The van der Waals surface area contributed by atoms with E-state index in [0.29, 0.717) is 13.0 Å². The third kappa shape index (κ3) is 3.10. The number of benzene rings is 2. The Bertz CT molecular complexity index is 657. The minimum atomic E-state index is -0.150. The molecule has 0 saturated heterocycles. The van der Waals surface area contributed by atoms with E-state index < -0.39 is 0 Å². The molecular formula is C17H16BrNO2. The van der Waals surface area contributed by atoms with E-state index >= 15 is 0 Å². The number of anilines is 1. The summed E-state index contributed by atoms with van der Waals surface area (Å²) in [4.78, 5) is 12.6. The molecule has 1 atom stereocenters. The highest BCUT2D eigenvalue weighted by molar-refractivity contribution is 9.08. The number of amides is 1. The van der Waals surface area contributed by atoms with Gasteiger partial charge in [0.05, 0.1) is 12.5 Å². The van der Waals surface area contributed by atoms with Gasteiger partial charge in [-0.25, -0.2) is 0 Å². The van der Waals surface area contributed by atoms with Crippen LogP contribution in [-0.2, 0) is 10.1 Å². The quantitative estimate of drug-likeness (QED) is 0.851. The Morgan fingerprint density at radius 3 is 2.95 bits per heavy atom. The van der Waals surface area contributed by atoms with Crippen LogP contribution in [0.25, 0.3) is 0 Å². The van der Waals surface area contributed by atoms with E-state index in [9.17, 15) is 4.79 Å². The molecule has 2 aromatic carbocycles. The molecule has 1 aliphatic heterocycles. The number of alkyl halides is 1. The molecule has 3 rings (SSSR count). The van der Waals surface area contributed by atoms with Crippen LogP contribution in [0.15, 0.2) is 48.5 Å². The number of hydrogen-bond donors (Lipinski definition) is 1. The standard InChI is InChI=1S/C17H16BrNO2/c18-11-12-4-3-5-13(10-12)19-17(20)15-8-9-21-16-7-2-1-6-14(15)16/h1-7,10,15H,8-9,11H2,(H,19,20). The Balaban J connectivity index is 1.80. The van der Waals surface area contributed by atoms with E-state index in [4.69, 9.17) is 4.74 Å². The van der Waals surface area contributed by atoms with Gasteiger partial charge in [0.1, 0.15) is 5.75 Å². The average molecular weight is 346 g/mol. The van der Waals surface area contributed by atoms with Crippen LogP contribution < -0.4 is 10.1 Å². The van der Waals surface area contributed by atoms with Crippen LogP contribution in [0, 0.1) is 0 Å². The summed E-state index contributed by atoms with van der Waals surface area (Å²) in [5.74, 6) is 0.693. The molecule has 3 nitrogen and oxygen atoms in total. The fourth-order valence-corrected chi connectivity index (χ4v) is 2.92. The van der Waals surface area contributed by atoms with Crippen molar-refractivity contribution in [2.24, 2.45) is 0 Å². The third-order valence-electron chi connectivity index (χ3n) is 3.62. The zero-order valence-electron chi connectivity index (χ0n) is 11.5. The molecule has 21 heavy (non-hydrogen) atoms. The van der Waals surface area contributed by atoms with Gasteiger partial charge in [-0.1, -0.05) is 46.3 Å². The summed E-state index contributed by atoms with van der Waals surface area (Å²) >= 11 is 3.43. The van der Waals surface area contributed by atoms with Crippen LogP contribution in [0.4, 0.5) is 5.69 Å². The molecule has 108 valence electrons. The Morgan fingerprint density at radius 1 is 1.24 bits per heavy atom. The fraction of sp³-hybridized carbons (Fsp3) is 0.235. The number of halogens is 1. The van der Waals surface area contributed by atoms with Gasteiger partial charge in [0, 0.05) is 16.6 Å². The first-order valence-electron chi connectivity index (χ1n) is 6.95. The van der Waals surface area contributed by atoms with Crippen molar-refractivity contribution in [2.75, 3.05) is 11.9 Å². The minimum Gasteiger partial charge on any atom is -0.493 e. The van der Waals surface area contributed by atoms with Gasteiger partial charge in [0.15, 0.2) is 0 Å². The van der Waals surface area contributed by atoms with Crippen LogP contribution >= 0.6 is 15.9 Å². The van der Waals surface area contributed by atoms with Crippen molar-refractivity contribution >= 4 is 27.5 Å². The molecule has 1 amide bonds. The predicted octanol–water partition coefficient (Wildman–Crippen LogP) is 4.09. The van der Waals surface area contributed by atoms with Crippen molar-refractivity contribution in [1.82, 2.24) is 0 Å². The number of hydrogen-bond acceptors (Lipinski definition) is 2. The average Bonchev–Trinajstić information content (AvgIpc) is 2.54. The van der Waals surface area contributed by atoms with Crippen LogP contribution in [0.3, 0.4) is 0 Å². The van der Waals surface area contributed by atoms with Gasteiger partial charge in [0.25, 0.3) is 0 Å². The molecule has 1 aliphatic rings. The van der Waals surface area contributed by atoms with E-state index in [2.05, 4.69) is 21.2 Å². The van der Waals surface area contributed by atoms with Crippen LogP contribution in [0.1, 0.15) is 23.5 Å². The lowest BCUT2D eigenvalue weighted by Crippen LogP contribution is -2.26. The highest BCUT2D eigenvalue weighted by Crippen LogP contribution is 2.34. The maximum absolute atomic E-state index is 12.6. The molecule has 0 saturated carbocycles. The van der Waals surface area contributed by atoms with Crippen molar-refractivity contribution in [3.05, 3.63) is 59.7 Å². The largest absolute Gasteiger partial charge is 0.493 e. The van der Waals surface area contributed by atoms with E-state index in [1.54, 1.807) is 0 Å². The Labute approximate surface area is 132 Å². The highest BCUT2D eigenvalue weighted by Gasteiger charge is 2.27. The maximum Gasteiger partial charge on any atom is 0.232 e. The SMILES string of the molecule is O=C(Nc1cccc(CBr)c1)C1CCOc2ccccc21. The second-order valence-electron chi connectivity index (χ2n) is 5.05. The molecular weight excluding hydrogens is 330 g/mol. The van der Waals surface area contributed by atoms with Gasteiger partial charge in [-0.2, -0.15) is 0 Å². The molecule has 1 heterocycles. The first-order valence-corrected chi connectivity index (χ1v) is 8.07. The molecule has 0 radical (unpaired) electrons. The molecule has 1 N–H and O–H groups in total. The summed E-state index contributed by atoms with van der Waals surface area (Å²) in [6.45, 7) is 0.580. The van der Waals surface area contributed by atoms with Gasteiger partial charge in [-0.05, 0) is 30.2 Å². The van der Waals surface area contributed by atoms with Crippen LogP contribution in [0.2, 0.25) is 0 Å². The van der Waals surface area contributed by atoms with Gasteiger partial charge >= 0.3 is 0 Å². The van der Waals surface area contributed by atoms with Crippen molar-refractivity contribution < 1.29 is 9.53 Å². The second kappa shape index (κ2) is 6.31. The smallest absolute Gasteiger partial charge is 0.232 e. The van der Waals surface area contributed by atoms with Crippen LogP contribution in [-0.4, -0.2) is 12.5 Å². The number of rotatable bonds is 3. The number of nitrogens with one attached hydrogen (secondary N) is 1. The molecule has 0 fully saturated rings. The topological polar surface area (TPSA) is 38.3 Å². The zero-order chi connectivity index (χ0) is 14.7. The predicted molar refractivity (Wildman–Crippen MR) is 87.0 cm³/mol. The number of ether oxygens (including phenoxy) is 1. The lowest BCUT2D eigenvalue weighted by atomic mass is 9.92. The monoisotopic (exact) mass is 345 g/mol. The van der Waals surface area contributed by atoms with Gasteiger partial charge < -0.3 is 10.1 Å². The summed E-state index contributed by atoms with van der Waals surface area (Å²) in [6, 6.07) is 15.6. The summed E-state index contributed by atoms with van der Waals surface area (Å²) in [5, 5.41) is 3.79. The van der Waals surface area contributed by atoms with E-state index in [0.717, 1.165) is 27.9 Å². The van der Waals surface area contributed by atoms with E-state index in [1.165, 1.54) is 0 Å². The van der Waals surface area contributed by atoms with Gasteiger partial charge in [0.2, 0.25) is 5.91 Å². The summed E-state index contributed by atoms with van der Waals surface area (Å²) in [6.07, 6.45) is 0.709. The Morgan fingerprint density at radius 2 is 2.10 bits per heavy atom. The number of para-hydroxylation sites is 1. The molecule has 1 unspecified atom stereocenters. The van der Waals surface area contributed by atoms with E-state index in [-0.39, 0.29) is 11.8 Å². The summed E-state index contributed by atoms with van der Waals surface area (Å²) < 4.78 is 5.60. The summed E-state index contributed by atoms with van der Waals surface area (Å²) in [5.41, 5.74) is 2.94. The molecule has 4 heteroatoms. The summed E-state index contributed by atoms with van der Waals surface area (Å²) in [7, 11) is 0. The lowest BCUT2D eigenvalue weighted by molar-refractivity contribution is -0.118. The first kappa shape index (κ1) is 14.1. The number of fused-ring (bicyclic) bond motifs is 1.